The second-order valence-corrected chi connectivity index (χ2v) is 8.69. The summed E-state index contributed by atoms with van der Waals surface area (Å²) < 4.78 is 56.5. The Hall–Kier alpha value is -1.49. The Kier molecular flexibility index (Phi) is 5.40. The van der Waals surface area contributed by atoms with E-state index in [2.05, 4.69) is 9.46 Å². The SMILES string of the molecule is COC(=O)CNS(=O)(=O)c1ccc(S(=O)(=O)N2CCCC2)cc1. The molecule has 1 heterocycles. The summed E-state index contributed by atoms with van der Waals surface area (Å²) in [4.78, 5) is 10.9. The summed E-state index contributed by atoms with van der Waals surface area (Å²) in [6, 6.07) is 4.89. The molecule has 128 valence electrons. The highest BCUT2D eigenvalue weighted by molar-refractivity contribution is 7.89. The number of nitrogens with zero attached hydrogens (tertiary/aromatic N) is 1. The van der Waals surface area contributed by atoms with Crippen LogP contribution in [0.25, 0.3) is 0 Å². The predicted octanol–water partition coefficient (Wildman–Crippen LogP) is -0.0776. The van der Waals surface area contributed by atoms with Gasteiger partial charge >= 0.3 is 5.97 Å². The van der Waals surface area contributed by atoms with Gasteiger partial charge in [0.05, 0.1) is 16.9 Å². The van der Waals surface area contributed by atoms with E-state index in [1.165, 1.54) is 28.6 Å². The Bertz CT molecular complexity index is 765. The van der Waals surface area contributed by atoms with Crippen LogP contribution in [0.15, 0.2) is 34.1 Å². The number of nitrogens with one attached hydrogen (secondary N) is 1. The van der Waals surface area contributed by atoms with E-state index < -0.39 is 32.6 Å². The van der Waals surface area contributed by atoms with E-state index in [1.807, 2.05) is 0 Å². The molecule has 2 rings (SSSR count). The molecule has 10 heteroatoms. The van der Waals surface area contributed by atoms with E-state index in [0.29, 0.717) is 13.1 Å². The third kappa shape index (κ3) is 4.08. The van der Waals surface area contributed by atoms with Crippen LogP contribution < -0.4 is 4.72 Å². The fraction of sp³-hybridized carbons (Fsp3) is 0.462. The molecule has 0 bridgehead atoms. The molecule has 0 saturated carbocycles. The van der Waals surface area contributed by atoms with E-state index in [9.17, 15) is 21.6 Å². The maximum atomic E-state index is 12.3. The van der Waals surface area contributed by atoms with Crippen molar-refractivity contribution in [2.45, 2.75) is 22.6 Å². The van der Waals surface area contributed by atoms with Crippen molar-refractivity contribution < 1.29 is 26.4 Å². The fourth-order valence-corrected chi connectivity index (χ4v) is 4.66. The molecule has 1 aromatic carbocycles. The molecule has 8 nitrogen and oxygen atoms in total. The first-order valence-electron chi connectivity index (χ1n) is 6.94. The first-order chi connectivity index (χ1) is 10.8. The molecule has 0 unspecified atom stereocenters. The molecular weight excluding hydrogens is 344 g/mol. The van der Waals surface area contributed by atoms with Gasteiger partial charge in [0.15, 0.2) is 0 Å². The fourth-order valence-electron chi connectivity index (χ4n) is 2.18. The zero-order valence-electron chi connectivity index (χ0n) is 12.6. The molecule has 0 spiro atoms. The Balaban J connectivity index is 2.17. The van der Waals surface area contributed by atoms with Crippen molar-refractivity contribution in [1.82, 2.24) is 9.03 Å². The van der Waals surface area contributed by atoms with E-state index in [1.54, 1.807) is 0 Å². The number of esters is 1. The van der Waals surface area contributed by atoms with Gasteiger partial charge in [0.25, 0.3) is 0 Å². The second-order valence-electron chi connectivity index (χ2n) is 4.98. The topological polar surface area (TPSA) is 110 Å². The zero-order valence-corrected chi connectivity index (χ0v) is 14.2. The standard InChI is InChI=1S/C13H18N2O6S2/c1-21-13(16)10-14-22(17,18)11-4-6-12(7-5-11)23(19,20)15-8-2-3-9-15/h4-7,14H,2-3,8-10H2,1H3. The van der Waals surface area contributed by atoms with Gasteiger partial charge in [-0.25, -0.2) is 16.8 Å². The van der Waals surface area contributed by atoms with Gasteiger partial charge in [0.2, 0.25) is 20.0 Å². The third-order valence-corrected chi connectivity index (χ3v) is 6.80. The molecular formula is C13H18N2O6S2. The molecule has 1 aromatic rings. The van der Waals surface area contributed by atoms with Crippen LogP contribution in [0, 0.1) is 0 Å². The van der Waals surface area contributed by atoms with Crippen LogP contribution in [0.3, 0.4) is 0 Å². The highest BCUT2D eigenvalue weighted by Crippen LogP contribution is 2.22. The normalized spacial score (nSPS) is 16.4. The van der Waals surface area contributed by atoms with Crippen molar-refractivity contribution in [3.63, 3.8) is 0 Å². The molecule has 0 aromatic heterocycles. The van der Waals surface area contributed by atoms with E-state index in [-0.39, 0.29) is 9.79 Å². The molecule has 1 fully saturated rings. The number of hydrogen-bond acceptors (Lipinski definition) is 6. The van der Waals surface area contributed by atoms with Crippen LogP contribution in [-0.4, -0.2) is 53.9 Å². The largest absolute Gasteiger partial charge is 0.468 e. The highest BCUT2D eigenvalue weighted by atomic mass is 32.2. The number of benzene rings is 1. The van der Waals surface area contributed by atoms with Crippen LogP contribution in [0.5, 0.6) is 0 Å². The number of carbonyl (C=O) groups excluding carboxylic acids is 1. The molecule has 1 aliphatic heterocycles. The summed E-state index contributed by atoms with van der Waals surface area (Å²) in [7, 11) is -6.35. The van der Waals surface area contributed by atoms with Gasteiger partial charge in [-0.05, 0) is 37.1 Å². The van der Waals surface area contributed by atoms with Gasteiger partial charge in [-0.2, -0.15) is 9.03 Å². The summed E-state index contributed by atoms with van der Waals surface area (Å²) in [5.41, 5.74) is 0. The lowest BCUT2D eigenvalue weighted by molar-refractivity contribution is -0.139. The minimum Gasteiger partial charge on any atom is -0.468 e. The van der Waals surface area contributed by atoms with Crippen LogP contribution in [0.1, 0.15) is 12.8 Å². The van der Waals surface area contributed by atoms with Gasteiger partial charge in [0.1, 0.15) is 6.54 Å². The van der Waals surface area contributed by atoms with Crippen molar-refractivity contribution in [3.8, 4) is 0 Å². The molecule has 0 aliphatic carbocycles. The van der Waals surface area contributed by atoms with Crippen LogP contribution in [0.2, 0.25) is 0 Å². The lowest BCUT2D eigenvalue weighted by Crippen LogP contribution is -2.30. The first kappa shape index (κ1) is 17.9. The number of rotatable bonds is 6. The summed E-state index contributed by atoms with van der Waals surface area (Å²) in [5, 5.41) is 0. The average molecular weight is 362 g/mol. The predicted molar refractivity (Wildman–Crippen MR) is 81.6 cm³/mol. The third-order valence-electron chi connectivity index (χ3n) is 3.47. The maximum Gasteiger partial charge on any atom is 0.320 e. The lowest BCUT2D eigenvalue weighted by atomic mass is 10.4. The number of carbonyl (C=O) groups is 1. The number of sulfonamides is 2. The lowest BCUT2D eigenvalue weighted by Gasteiger charge is -2.15. The number of ether oxygens (including phenoxy) is 1. The average Bonchev–Trinajstić information content (AvgIpc) is 3.08. The zero-order chi connectivity index (χ0) is 17.1. The van der Waals surface area contributed by atoms with E-state index in [4.69, 9.17) is 0 Å². The molecule has 1 aliphatic rings. The Morgan fingerprint density at radius 3 is 2.13 bits per heavy atom. The van der Waals surface area contributed by atoms with Gasteiger partial charge in [0, 0.05) is 13.1 Å². The van der Waals surface area contributed by atoms with Gasteiger partial charge < -0.3 is 4.74 Å². The van der Waals surface area contributed by atoms with E-state index in [0.717, 1.165) is 20.0 Å². The second kappa shape index (κ2) is 6.95. The molecule has 0 amide bonds. The molecule has 23 heavy (non-hydrogen) atoms. The minimum atomic E-state index is -3.91. The Morgan fingerprint density at radius 2 is 1.61 bits per heavy atom. The van der Waals surface area contributed by atoms with Crippen LogP contribution >= 0.6 is 0 Å². The van der Waals surface area contributed by atoms with Crippen molar-refractivity contribution in [2.75, 3.05) is 26.7 Å². The van der Waals surface area contributed by atoms with E-state index >= 15 is 0 Å². The van der Waals surface area contributed by atoms with Crippen molar-refractivity contribution >= 4 is 26.0 Å². The molecule has 1 N–H and O–H groups in total. The van der Waals surface area contributed by atoms with Gasteiger partial charge in [-0.15, -0.1) is 0 Å². The molecule has 0 atom stereocenters. The Labute approximate surface area is 135 Å². The summed E-state index contributed by atoms with van der Waals surface area (Å²) in [6.45, 7) is 0.457. The van der Waals surface area contributed by atoms with Crippen LogP contribution in [-0.2, 0) is 29.6 Å². The summed E-state index contributed by atoms with van der Waals surface area (Å²) in [6.07, 6.45) is 1.65. The van der Waals surface area contributed by atoms with Crippen molar-refractivity contribution in [3.05, 3.63) is 24.3 Å². The maximum absolute atomic E-state index is 12.3. The van der Waals surface area contributed by atoms with Gasteiger partial charge in [-0.3, -0.25) is 4.79 Å². The number of methoxy groups -OCH3 is 1. The summed E-state index contributed by atoms with van der Waals surface area (Å²) >= 11 is 0. The van der Waals surface area contributed by atoms with Crippen molar-refractivity contribution in [1.29, 1.82) is 0 Å². The smallest absolute Gasteiger partial charge is 0.320 e. The van der Waals surface area contributed by atoms with Crippen LogP contribution in [0.4, 0.5) is 0 Å². The quantitative estimate of drug-likeness (QED) is 0.709. The summed E-state index contributed by atoms with van der Waals surface area (Å²) in [5.74, 6) is -0.721. The minimum absolute atomic E-state index is 0.0475. The van der Waals surface area contributed by atoms with Crippen molar-refractivity contribution in [2.24, 2.45) is 0 Å². The van der Waals surface area contributed by atoms with Gasteiger partial charge in [-0.1, -0.05) is 0 Å². The number of hydrogen-bond donors (Lipinski definition) is 1. The Morgan fingerprint density at radius 1 is 1.09 bits per heavy atom. The molecule has 0 radical (unpaired) electrons. The highest BCUT2D eigenvalue weighted by Gasteiger charge is 2.27. The first-order valence-corrected chi connectivity index (χ1v) is 9.86. The monoisotopic (exact) mass is 362 g/mol. The molecule has 1 saturated heterocycles.